The van der Waals surface area contributed by atoms with Gasteiger partial charge in [-0.2, -0.15) is 4.98 Å². The molecule has 7 nitrogen and oxygen atoms in total. The molecule has 1 aliphatic rings. The largest absolute Gasteiger partial charge is 0.338 e. The summed E-state index contributed by atoms with van der Waals surface area (Å²) in [5.41, 5.74) is 2.27. The van der Waals surface area contributed by atoms with E-state index in [-0.39, 0.29) is 17.6 Å². The zero-order chi connectivity index (χ0) is 25.8. The zero-order valence-electron chi connectivity index (χ0n) is 19.9. The van der Waals surface area contributed by atoms with Gasteiger partial charge in [0.05, 0.1) is 12.2 Å². The topological polar surface area (TPSA) is 88.3 Å². The van der Waals surface area contributed by atoms with Gasteiger partial charge in [-0.3, -0.25) is 14.5 Å². The Morgan fingerprint density at radius 1 is 1.03 bits per heavy atom. The van der Waals surface area contributed by atoms with Crippen molar-refractivity contribution in [2.75, 3.05) is 18.4 Å². The van der Waals surface area contributed by atoms with Gasteiger partial charge in [-0.1, -0.05) is 75.2 Å². The number of hydrogen-bond donors (Lipinski definition) is 1. The number of benzene rings is 3. The first-order chi connectivity index (χ1) is 18.0. The Balaban J connectivity index is 1.19. The molecule has 1 aliphatic heterocycles. The molecule has 0 aliphatic carbocycles. The van der Waals surface area contributed by atoms with E-state index >= 15 is 0 Å². The highest BCUT2D eigenvalue weighted by Gasteiger charge is 2.27. The molecule has 1 N–H and O–H groups in total. The third-order valence-corrected chi connectivity index (χ3v) is 7.12. The molecule has 3 aromatic carbocycles. The standard InChI is InChI=1S/C28H24BrClN4O3/c29-21-8-4-7-20(15-21)27-32-25(37-33-27)17-34-13-11-19(12-14-34)28(36)31-24-10-9-22(30)16-23(24)26(35)18-5-2-1-3-6-18/h1-10,15-16,19H,11-14,17H2,(H,31,36). The van der Waals surface area contributed by atoms with Gasteiger partial charge in [-0.05, 0) is 56.3 Å². The summed E-state index contributed by atoms with van der Waals surface area (Å²) >= 11 is 9.63. The van der Waals surface area contributed by atoms with E-state index in [0.717, 1.165) is 23.1 Å². The van der Waals surface area contributed by atoms with Crippen LogP contribution in [0.1, 0.15) is 34.7 Å². The van der Waals surface area contributed by atoms with Crippen molar-refractivity contribution in [3.8, 4) is 11.4 Å². The minimum absolute atomic E-state index is 0.0983. The van der Waals surface area contributed by atoms with E-state index in [2.05, 4.69) is 36.3 Å². The highest BCUT2D eigenvalue weighted by atomic mass is 79.9. The van der Waals surface area contributed by atoms with E-state index in [0.29, 0.717) is 52.9 Å². The summed E-state index contributed by atoms with van der Waals surface area (Å²) in [6, 6.07) is 21.7. The summed E-state index contributed by atoms with van der Waals surface area (Å²) < 4.78 is 6.41. The van der Waals surface area contributed by atoms with Crippen LogP contribution in [0.3, 0.4) is 0 Å². The van der Waals surface area contributed by atoms with Crippen LogP contribution in [0.2, 0.25) is 5.02 Å². The van der Waals surface area contributed by atoms with Gasteiger partial charge in [0.1, 0.15) is 0 Å². The molecule has 9 heteroatoms. The van der Waals surface area contributed by atoms with Gasteiger partial charge in [-0.15, -0.1) is 0 Å². The predicted molar refractivity (Wildman–Crippen MR) is 145 cm³/mol. The molecule has 1 aromatic heterocycles. The minimum atomic E-state index is -0.185. The molecule has 0 unspecified atom stereocenters. The van der Waals surface area contributed by atoms with Crippen LogP contribution in [-0.2, 0) is 11.3 Å². The molecule has 1 saturated heterocycles. The molecule has 0 saturated carbocycles. The van der Waals surface area contributed by atoms with Crippen molar-refractivity contribution in [2.24, 2.45) is 5.92 Å². The quantitative estimate of drug-likeness (QED) is 0.261. The highest BCUT2D eigenvalue weighted by molar-refractivity contribution is 9.10. The average molecular weight is 580 g/mol. The number of amides is 1. The predicted octanol–water partition coefficient (Wildman–Crippen LogP) is 6.23. The van der Waals surface area contributed by atoms with Crippen molar-refractivity contribution >= 4 is 44.9 Å². The first-order valence-corrected chi connectivity index (χ1v) is 13.1. The Labute approximate surface area is 228 Å². The van der Waals surface area contributed by atoms with Crippen molar-refractivity contribution < 1.29 is 14.1 Å². The molecule has 0 atom stereocenters. The van der Waals surface area contributed by atoms with Crippen LogP contribution >= 0.6 is 27.5 Å². The zero-order valence-corrected chi connectivity index (χ0v) is 22.2. The van der Waals surface area contributed by atoms with E-state index in [4.69, 9.17) is 16.1 Å². The highest BCUT2D eigenvalue weighted by Crippen LogP contribution is 2.27. The van der Waals surface area contributed by atoms with E-state index < -0.39 is 0 Å². The summed E-state index contributed by atoms with van der Waals surface area (Å²) in [5, 5.41) is 7.51. The first-order valence-electron chi connectivity index (χ1n) is 12.0. The summed E-state index contributed by atoms with van der Waals surface area (Å²) in [4.78, 5) is 32.9. The maximum atomic E-state index is 13.1. The van der Waals surface area contributed by atoms with E-state index in [1.807, 2.05) is 30.3 Å². The van der Waals surface area contributed by atoms with Crippen molar-refractivity contribution in [1.29, 1.82) is 0 Å². The lowest BCUT2D eigenvalue weighted by Crippen LogP contribution is -2.38. The Hall–Kier alpha value is -3.33. The summed E-state index contributed by atoms with van der Waals surface area (Å²) in [6.45, 7) is 1.98. The van der Waals surface area contributed by atoms with E-state index in [1.54, 1.807) is 42.5 Å². The van der Waals surface area contributed by atoms with Gasteiger partial charge < -0.3 is 9.84 Å². The number of nitrogens with zero attached hydrogens (tertiary/aromatic N) is 3. The molecular formula is C28H24BrClN4O3. The van der Waals surface area contributed by atoms with Crippen LogP contribution in [-0.4, -0.2) is 39.8 Å². The Morgan fingerprint density at radius 2 is 1.81 bits per heavy atom. The number of nitrogens with one attached hydrogen (secondary N) is 1. The van der Waals surface area contributed by atoms with Gasteiger partial charge in [0.2, 0.25) is 17.6 Å². The average Bonchev–Trinajstić information content (AvgIpc) is 3.39. The van der Waals surface area contributed by atoms with Crippen molar-refractivity contribution in [2.45, 2.75) is 19.4 Å². The van der Waals surface area contributed by atoms with E-state index in [9.17, 15) is 9.59 Å². The monoisotopic (exact) mass is 578 g/mol. The number of aromatic nitrogens is 2. The van der Waals surface area contributed by atoms with Crippen LogP contribution < -0.4 is 5.32 Å². The minimum Gasteiger partial charge on any atom is -0.338 e. The smallest absolute Gasteiger partial charge is 0.241 e. The number of anilines is 1. The fourth-order valence-corrected chi connectivity index (χ4v) is 4.97. The second kappa shape index (κ2) is 11.4. The Bertz CT molecular complexity index is 1420. The van der Waals surface area contributed by atoms with Gasteiger partial charge in [0.25, 0.3) is 0 Å². The van der Waals surface area contributed by atoms with Gasteiger partial charge in [0, 0.05) is 32.1 Å². The molecule has 188 valence electrons. The number of rotatable bonds is 7. The lowest BCUT2D eigenvalue weighted by Gasteiger charge is -2.30. The number of likely N-dealkylation sites (tertiary alicyclic amines) is 1. The number of hydrogen-bond acceptors (Lipinski definition) is 6. The van der Waals surface area contributed by atoms with E-state index in [1.165, 1.54) is 0 Å². The molecule has 2 heterocycles. The fraction of sp³-hybridized carbons (Fsp3) is 0.214. The molecule has 1 amide bonds. The van der Waals surface area contributed by atoms with Crippen LogP contribution in [0, 0.1) is 5.92 Å². The molecule has 37 heavy (non-hydrogen) atoms. The van der Waals surface area contributed by atoms with Crippen molar-refractivity contribution in [3.05, 3.63) is 99.3 Å². The van der Waals surface area contributed by atoms with Crippen LogP contribution in [0.4, 0.5) is 5.69 Å². The number of halogens is 2. The summed E-state index contributed by atoms with van der Waals surface area (Å²) in [6.07, 6.45) is 1.38. The second-order valence-corrected chi connectivity index (χ2v) is 10.3. The molecule has 0 radical (unpaired) electrons. The molecule has 0 spiro atoms. The second-order valence-electron chi connectivity index (χ2n) is 8.95. The number of carbonyl (C=O) groups excluding carboxylic acids is 2. The fourth-order valence-electron chi connectivity index (χ4n) is 4.40. The third kappa shape index (κ3) is 6.15. The summed E-state index contributed by atoms with van der Waals surface area (Å²) in [5.74, 6) is 0.651. The van der Waals surface area contributed by atoms with Crippen LogP contribution in [0.25, 0.3) is 11.4 Å². The number of ketones is 1. The normalized spacial score (nSPS) is 14.4. The molecule has 4 aromatic rings. The summed E-state index contributed by atoms with van der Waals surface area (Å²) in [7, 11) is 0. The maximum absolute atomic E-state index is 13.1. The maximum Gasteiger partial charge on any atom is 0.241 e. The Kier molecular flexibility index (Phi) is 7.79. The number of carbonyl (C=O) groups is 2. The van der Waals surface area contributed by atoms with Crippen molar-refractivity contribution in [1.82, 2.24) is 15.0 Å². The van der Waals surface area contributed by atoms with Gasteiger partial charge in [-0.25, -0.2) is 0 Å². The molecule has 5 rings (SSSR count). The lowest BCUT2D eigenvalue weighted by atomic mass is 9.95. The molecular weight excluding hydrogens is 556 g/mol. The first kappa shape index (κ1) is 25.3. The van der Waals surface area contributed by atoms with Crippen molar-refractivity contribution in [3.63, 3.8) is 0 Å². The van der Waals surface area contributed by atoms with Crippen LogP contribution in [0.15, 0.2) is 81.8 Å². The lowest BCUT2D eigenvalue weighted by molar-refractivity contribution is -0.121. The Morgan fingerprint density at radius 3 is 2.57 bits per heavy atom. The third-order valence-electron chi connectivity index (χ3n) is 6.39. The molecule has 0 bridgehead atoms. The number of piperidine rings is 1. The van der Waals surface area contributed by atoms with Crippen LogP contribution in [0.5, 0.6) is 0 Å². The SMILES string of the molecule is O=C(c1ccccc1)c1cc(Cl)ccc1NC(=O)C1CCN(Cc2nc(-c3cccc(Br)c3)no2)CC1. The van der Waals surface area contributed by atoms with Gasteiger partial charge in [0.15, 0.2) is 5.78 Å². The van der Waals surface area contributed by atoms with Gasteiger partial charge >= 0.3 is 0 Å². The molecule has 1 fully saturated rings.